The molecule has 2 heterocycles. The molecule has 0 aliphatic rings. The van der Waals surface area contributed by atoms with Gasteiger partial charge in [-0.25, -0.2) is 4.98 Å². The Bertz CT molecular complexity index is 1270. The summed E-state index contributed by atoms with van der Waals surface area (Å²) >= 11 is 0. The van der Waals surface area contributed by atoms with Gasteiger partial charge < -0.3 is 4.42 Å². The van der Waals surface area contributed by atoms with E-state index in [9.17, 15) is 0 Å². The highest BCUT2D eigenvalue weighted by molar-refractivity contribution is 5.87. The average molecular weight is 361 g/mol. The zero-order valence-corrected chi connectivity index (χ0v) is 15.6. The highest BCUT2D eigenvalue weighted by atomic mass is 16.3. The minimum atomic E-state index is 0.789. The van der Waals surface area contributed by atoms with Crippen LogP contribution >= 0.6 is 0 Å². The molecule has 0 radical (unpaired) electrons. The molecule has 0 fully saturated rings. The van der Waals surface area contributed by atoms with Gasteiger partial charge in [0.15, 0.2) is 5.76 Å². The van der Waals surface area contributed by atoms with E-state index in [2.05, 4.69) is 78.9 Å². The van der Waals surface area contributed by atoms with E-state index in [1.54, 1.807) is 0 Å². The molecule has 0 saturated heterocycles. The number of rotatable bonds is 3. The average Bonchev–Trinajstić information content (AvgIpc) is 3.20. The lowest BCUT2D eigenvalue weighted by Gasteiger charge is -2.10. The molecule has 2 heteroatoms. The Balaban J connectivity index is 1.71. The summed E-state index contributed by atoms with van der Waals surface area (Å²) in [6, 6.07) is 33.5. The first-order valence-corrected chi connectivity index (χ1v) is 9.40. The predicted molar refractivity (Wildman–Crippen MR) is 115 cm³/mol. The second-order valence-electron chi connectivity index (χ2n) is 6.96. The maximum absolute atomic E-state index is 5.86. The van der Waals surface area contributed by atoms with Crippen molar-refractivity contribution < 1.29 is 4.42 Å². The molecule has 134 valence electrons. The van der Waals surface area contributed by atoms with Crippen molar-refractivity contribution in [3.63, 3.8) is 0 Å². The first kappa shape index (κ1) is 16.5. The molecular formula is C26H19NO. The van der Waals surface area contributed by atoms with Crippen molar-refractivity contribution in [3.05, 3.63) is 103 Å². The van der Waals surface area contributed by atoms with E-state index < -0.39 is 0 Å². The summed E-state index contributed by atoms with van der Waals surface area (Å²) in [4.78, 5) is 4.93. The number of nitrogens with zero attached hydrogens (tertiary/aromatic N) is 1. The van der Waals surface area contributed by atoms with Crippen LogP contribution in [0, 0.1) is 6.92 Å². The Morgan fingerprint density at radius 1 is 0.571 bits per heavy atom. The van der Waals surface area contributed by atoms with Gasteiger partial charge in [0.25, 0.3) is 0 Å². The van der Waals surface area contributed by atoms with Gasteiger partial charge in [-0.1, -0.05) is 66.7 Å². The van der Waals surface area contributed by atoms with E-state index in [4.69, 9.17) is 9.40 Å². The highest BCUT2D eigenvalue weighted by Crippen LogP contribution is 2.32. The monoisotopic (exact) mass is 361 g/mol. The van der Waals surface area contributed by atoms with Gasteiger partial charge >= 0.3 is 0 Å². The van der Waals surface area contributed by atoms with Crippen molar-refractivity contribution in [1.82, 2.24) is 4.98 Å². The minimum Gasteiger partial charge on any atom is -0.460 e. The number of furan rings is 1. The van der Waals surface area contributed by atoms with Crippen LogP contribution in [0.2, 0.25) is 0 Å². The highest BCUT2D eigenvalue weighted by Gasteiger charge is 2.11. The van der Waals surface area contributed by atoms with E-state index in [0.29, 0.717) is 0 Å². The molecule has 3 aromatic carbocycles. The van der Waals surface area contributed by atoms with Crippen LogP contribution in [0.15, 0.2) is 101 Å². The molecule has 0 aliphatic heterocycles. The number of hydrogen-bond acceptors (Lipinski definition) is 2. The summed E-state index contributed by atoms with van der Waals surface area (Å²) < 4.78 is 5.86. The van der Waals surface area contributed by atoms with E-state index in [0.717, 1.165) is 39.6 Å². The van der Waals surface area contributed by atoms with Crippen LogP contribution in [0.5, 0.6) is 0 Å². The SMILES string of the molecule is Cc1ccc(-c2cc(-c3ccccc3)cc(-c3ccc4ccccc4c3)n2)o1. The summed E-state index contributed by atoms with van der Waals surface area (Å²) in [7, 11) is 0. The van der Waals surface area contributed by atoms with E-state index in [1.165, 1.54) is 10.8 Å². The van der Waals surface area contributed by atoms with Gasteiger partial charge in [-0.2, -0.15) is 0 Å². The Morgan fingerprint density at radius 3 is 2.11 bits per heavy atom. The van der Waals surface area contributed by atoms with E-state index in [1.807, 2.05) is 25.1 Å². The smallest absolute Gasteiger partial charge is 0.152 e. The number of hydrogen-bond donors (Lipinski definition) is 0. The first-order valence-electron chi connectivity index (χ1n) is 9.40. The molecule has 0 N–H and O–H groups in total. The number of pyridine rings is 1. The first-order chi connectivity index (χ1) is 13.8. The molecule has 0 unspecified atom stereocenters. The van der Waals surface area contributed by atoms with Crippen LogP contribution in [0.1, 0.15) is 5.76 Å². The summed E-state index contributed by atoms with van der Waals surface area (Å²) in [6.45, 7) is 1.95. The Kier molecular flexibility index (Phi) is 4.02. The topological polar surface area (TPSA) is 26.0 Å². The molecular weight excluding hydrogens is 342 g/mol. The fourth-order valence-electron chi connectivity index (χ4n) is 3.52. The summed E-state index contributed by atoms with van der Waals surface area (Å²) in [5.74, 6) is 1.67. The van der Waals surface area contributed by atoms with Crippen molar-refractivity contribution in [2.45, 2.75) is 6.92 Å². The number of fused-ring (bicyclic) bond motifs is 1. The lowest BCUT2D eigenvalue weighted by atomic mass is 10.00. The summed E-state index contributed by atoms with van der Waals surface area (Å²) in [5.41, 5.74) is 5.18. The number of aryl methyl sites for hydroxylation is 1. The van der Waals surface area contributed by atoms with Gasteiger partial charge in [-0.05, 0) is 59.2 Å². The standard InChI is InChI=1S/C26H19NO/c1-18-11-14-26(28-18)25-17-23(19-7-3-2-4-8-19)16-24(27-25)22-13-12-20-9-5-6-10-21(20)15-22/h2-17H,1H3. The minimum absolute atomic E-state index is 0.789. The lowest BCUT2D eigenvalue weighted by Crippen LogP contribution is -1.90. The zero-order valence-electron chi connectivity index (χ0n) is 15.6. The third-order valence-electron chi connectivity index (χ3n) is 4.97. The molecule has 0 atom stereocenters. The van der Waals surface area contributed by atoms with Crippen LogP contribution in [0.25, 0.3) is 44.6 Å². The van der Waals surface area contributed by atoms with Crippen LogP contribution < -0.4 is 0 Å². The Morgan fingerprint density at radius 2 is 1.32 bits per heavy atom. The molecule has 5 rings (SSSR count). The van der Waals surface area contributed by atoms with Gasteiger partial charge in [0.1, 0.15) is 11.5 Å². The quantitative estimate of drug-likeness (QED) is 0.341. The van der Waals surface area contributed by atoms with Gasteiger partial charge in [0.05, 0.1) is 5.69 Å². The molecule has 0 bridgehead atoms. The van der Waals surface area contributed by atoms with Gasteiger partial charge in [0, 0.05) is 5.56 Å². The third kappa shape index (κ3) is 3.10. The summed E-state index contributed by atoms with van der Waals surface area (Å²) in [5, 5.41) is 2.44. The molecule has 0 amide bonds. The molecule has 2 aromatic heterocycles. The molecule has 5 aromatic rings. The maximum atomic E-state index is 5.86. The Hall–Kier alpha value is -3.65. The number of benzene rings is 3. The van der Waals surface area contributed by atoms with Crippen molar-refractivity contribution in [2.24, 2.45) is 0 Å². The van der Waals surface area contributed by atoms with Crippen LogP contribution in [0.3, 0.4) is 0 Å². The second kappa shape index (κ2) is 6.82. The molecule has 28 heavy (non-hydrogen) atoms. The van der Waals surface area contributed by atoms with E-state index in [-0.39, 0.29) is 0 Å². The van der Waals surface area contributed by atoms with Crippen molar-refractivity contribution in [2.75, 3.05) is 0 Å². The zero-order chi connectivity index (χ0) is 18.9. The molecule has 0 spiro atoms. The largest absolute Gasteiger partial charge is 0.460 e. The lowest BCUT2D eigenvalue weighted by molar-refractivity contribution is 0.546. The molecule has 0 aliphatic carbocycles. The van der Waals surface area contributed by atoms with Gasteiger partial charge in [-0.15, -0.1) is 0 Å². The summed E-state index contributed by atoms with van der Waals surface area (Å²) in [6.07, 6.45) is 0. The van der Waals surface area contributed by atoms with Crippen molar-refractivity contribution >= 4 is 10.8 Å². The fraction of sp³-hybridized carbons (Fsp3) is 0.0385. The normalized spacial score (nSPS) is 11.0. The third-order valence-corrected chi connectivity index (χ3v) is 4.97. The second-order valence-corrected chi connectivity index (χ2v) is 6.96. The number of aromatic nitrogens is 1. The Labute approximate surface area is 164 Å². The van der Waals surface area contributed by atoms with Crippen LogP contribution in [-0.2, 0) is 0 Å². The van der Waals surface area contributed by atoms with Gasteiger partial charge in [-0.3, -0.25) is 0 Å². The van der Waals surface area contributed by atoms with Crippen molar-refractivity contribution in [3.8, 4) is 33.8 Å². The fourth-order valence-corrected chi connectivity index (χ4v) is 3.52. The molecule has 2 nitrogen and oxygen atoms in total. The van der Waals surface area contributed by atoms with E-state index >= 15 is 0 Å². The predicted octanol–water partition coefficient (Wildman–Crippen LogP) is 7.14. The van der Waals surface area contributed by atoms with Gasteiger partial charge in [0.2, 0.25) is 0 Å². The molecule has 0 saturated carbocycles. The van der Waals surface area contributed by atoms with Crippen LogP contribution in [0.4, 0.5) is 0 Å². The van der Waals surface area contributed by atoms with Crippen molar-refractivity contribution in [1.29, 1.82) is 0 Å². The maximum Gasteiger partial charge on any atom is 0.152 e. The van der Waals surface area contributed by atoms with Crippen LogP contribution in [-0.4, -0.2) is 4.98 Å².